The number of rotatable bonds is 0. The molecule has 0 atom stereocenters. The summed E-state index contributed by atoms with van der Waals surface area (Å²) in [5, 5.41) is 3.02. The van der Waals surface area contributed by atoms with Crippen molar-refractivity contribution < 1.29 is 4.79 Å². The number of aryl methyl sites for hydroxylation is 1. The number of carbonyl (C=O) groups excluding carboxylic acids is 1. The highest BCUT2D eigenvalue weighted by Crippen LogP contribution is 2.56. The lowest BCUT2D eigenvalue weighted by atomic mass is 10.2. The Bertz CT molecular complexity index is 423. The van der Waals surface area contributed by atoms with Gasteiger partial charge in [-0.3, -0.25) is 4.79 Å². The number of carbonyl (C=O) groups is 1. The molecule has 1 spiro atoms. The number of hydrogen-bond acceptors (Lipinski definition) is 2. The average molecular weight is 205 g/mol. The lowest BCUT2D eigenvalue weighted by Gasteiger charge is -2.24. The second kappa shape index (κ2) is 2.54. The zero-order valence-corrected chi connectivity index (χ0v) is 8.78. The molecule has 0 radical (unpaired) electrons. The molecule has 0 bridgehead atoms. The second-order valence-corrected chi connectivity index (χ2v) is 5.42. The normalized spacial score (nSPS) is 21.6. The van der Waals surface area contributed by atoms with Crippen molar-refractivity contribution in [3.63, 3.8) is 0 Å². The minimum atomic E-state index is -0.110. The summed E-state index contributed by atoms with van der Waals surface area (Å²) < 4.78 is -0.110. The molecular weight excluding hydrogens is 194 g/mol. The van der Waals surface area contributed by atoms with Crippen molar-refractivity contribution in [2.24, 2.45) is 0 Å². The zero-order chi connectivity index (χ0) is 9.76. The molecule has 1 aromatic rings. The molecule has 14 heavy (non-hydrogen) atoms. The van der Waals surface area contributed by atoms with Crippen molar-refractivity contribution >= 4 is 23.4 Å². The van der Waals surface area contributed by atoms with Gasteiger partial charge in [0.2, 0.25) is 5.91 Å². The van der Waals surface area contributed by atoms with Crippen LogP contribution in [0.15, 0.2) is 23.1 Å². The Balaban J connectivity index is 2.11. The molecule has 0 aromatic heterocycles. The van der Waals surface area contributed by atoms with E-state index in [1.165, 1.54) is 4.90 Å². The van der Waals surface area contributed by atoms with Gasteiger partial charge in [-0.2, -0.15) is 0 Å². The zero-order valence-electron chi connectivity index (χ0n) is 7.96. The molecule has 1 amide bonds. The van der Waals surface area contributed by atoms with Gasteiger partial charge in [0.25, 0.3) is 0 Å². The quantitative estimate of drug-likeness (QED) is 0.705. The van der Waals surface area contributed by atoms with Crippen molar-refractivity contribution in [2.75, 3.05) is 5.32 Å². The van der Waals surface area contributed by atoms with Gasteiger partial charge in [0.15, 0.2) is 0 Å². The predicted octanol–water partition coefficient (Wildman–Crippen LogP) is 2.57. The summed E-state index contributed by atoms with van der Waals surface area (Å²) in [6.45, 7) is 2.03. The number of thioether (sulfide) groups is 1. The van der Waals surface area contributed by atoms with Gasteiger partial charge in [0.05, 0.1) is 10.4 Å². The van der Waals surface area contributed by atoms with Gasteiger partial charge in [0, 0.05) is 4.90 Å². The molecule has 0 unspecified atom stereocenters. The number of nitrogens with one attached hydrogen (secondary N) is 1. The Hall–Kier alpha value is -0.960. The number of hydrogen-bond donors (Lipinski definition) is 1. The van der Waals surface area contributed by atoms with Crippen LogP contribution in [0.1, 0.15) is 18.4 Å². The third-order valence-corrected chi connectivity index (χ3v) is 4.44. The lowest BCUT2D eigenvalue weighted by molar-refractivity contribution is -0.116. The van der Waals surface area contributed by atoms with E-state index in [1.807, 2.05) is 13.0 Å². The first-order valence-corrected chi connectivity index (χ1v) is 5.63. The number of fused-ring (bicyclic) bond motifs is 1. The first-order chi connectivity index (χ1) is 6.71. The summed E-state index contributed by atoms with van der Waals surface area (Å²) in [5.41, 5.74) is 2.17. The number of amides is 1. The molecule has 2 aliphatic rings. The van der Waals surface area contributed by atoms with Gasteiger partial charge in [-0.25, -0.2) is 0 Å². The predicted molar refractivity (Wildman–Crippen MR) is 57.6 cm³/mol. The van der Waals surface area contributed by atoms with Crippen LogP contribution >= 0.6 is 11.8 Å². The van der Waals surface area contributed by atoms with Gasteiger partial charge < -0.3 is 5.32 Å². The molecule has 72 valence electrons. The van der Waals surface area contributed by atoms with E-state index in [9.17, 15) is 4.79 Å². The van der Waals surface area contributed by atoms with Gasteiger partial charge >= 0.3 is 0 Å². The smallest absolute Gasteiger partial charge is 0.241 e. The van der Waals surface area contributed by atoms with Crippen molar-refractivity contribution in [2.45, 2.75) is 29.4 Å². The summed E-state index contributed by atoms with van der Waals surface area (Å²) in [4.78, 5) is 13.0. The summed E-state index contributed by atoms with van der Waals surface area (Å²) in [6.07, 6.45) is 2.05. The first-order valence-electron chi connectivity index (χ1n) is 4.81. The monoisotopic (exact) mass is 205 g/mol. The van der Waals surface area contributed by atoms with E-state index in [0.29, 0.717) is 0 Å². The number of para-hydroxylation sites is 1. The fourth-order valence-electron chi connectivity index (χ4n) is 1.81. The Kier molecular flexibility index (Phi) is 1.52. The Morgan fingerprint density at radius 3 is 2.93 bits per heavy atom. The highest BCUT2D eigenvalue weighted by molar-refractivity contribution is 8.02. The molecule has 1 saturated carbocycles. The van der Waals surface area contributed by atoms with Gasteiger partial charge in [0.1, 0.15) is 0 Å². The highest BCUT2D eigenvalue weighted by Gasteiger charge is 2.53. The molecule has 1 fully saturated rings. The van der Waals surface area contributed by atoms with Crippen molar-refractivity contribution in [1.29, 1.82) is 0 Å². The number of anilines is 1. The standard InChI is InChI=1S/C11H11NOS/c1-7-3-2-4-8-9(7)12-10(13)11(14-8)5-6-11/h2-4H,5-6H2,1H3,(H,12,13). The van der Waals surface area contributed by atoms with Crippen molar-refractivity contribution in [1.82, 2.24) is 0 Å². The summed E-state index contributed by atoms with van der Waals surface area (Å²) in [6, 6.07) is 6.17. The summed E-state index contributed by atoms with van der Waals surface area (Å²) in [5.74, 6) is 0.198. The maximum absolute atomic E-state index is 11.8. The Labute approximate surface area is 87.1 Å². The first kappa shape index (κ1) is 8.36. The minimum Gasteiger partial charge on any atom is -0.324 e. The van der Waals surface area contributed by atoms with Crippen LogP contribution in [0.3, 0.4) is 0 Å². The van der Waals surface area contributed by atoms with E-state index in [-0.39, 0.29) is 10.7 Å². The maximum atomic E-state index is 11.8. The third kappa shape index (κ3) is 1.02. The maximum Gasteiger partial charge on any atom is 0.241 e. The van der Waals surface area contributed by atoms with Crippen molar-refractivity contribution in [3.8, 4) is 0 Å². The van der Waals surface area contributed by atoms with Crippen LogP contribution in [0.5, 0.6) is 0 Å². The fourth-order valence-corrected chi connectivity index (χ4v) is 3.14. The van der Waals surface area contributed by atoms with E-state index in [1.54, 1.807) is 11.8 Å². The molecule has 1 heterocycles. The van der Waals surface area contributed by atoms with E-state index in [4.69, 9.17) is 0 Å². The molecule has 1 aliphatic carbocycles. The molecule has 3 rings (SSSR count). The third-order valence-electron chi connectivity index (χ3n) is 2.90. The SMILES string of the molecule is Cc1cccc2c1NC(=O)C1(CC1)S2. The van der Waals surface area contributed by atoms with Gasteiger partial charge in [-0.05, 0) is 31.4 Å². The van der Waals surface area contributed by atoms with Crippen LogP contribution in [0.4, 0.5) is 5.69 Å². The molecule has 1 aliphatic heterocycles. The van der Waals surface area contributed by atoms with Crippen LogP contribution in [0, 0.1) is 6.92 Å². The van der Waals surface area contributed by atoms with E-state index in [0.717, 1.165) is 24.1 Å². The van der Waals surface area contributed by atoms with Crippen LogP contribution in [-0.4, -0.2) is 10.7 Å². The van der Waals surface area contributed by atoms with Gasteiger partial charge in [-0.15, -0.1) is 11.8 Å². The van der Waals surface area contributed by atoms with Crippen LogP contribution < -0.4 is 5.32 Å². The van der Waals surface area contributed by atoms with E-state index < -0.39 is 0 Å². The van der Waals surface area contributed by atoms with Gasteiger partial charge in [-0.1, -0.05) is 12.1 Å². The largest absolute Gasteiger partial charge is 0.324 e. The van der Waals surface area contributed by atoms with Crippen LogP contribution in [-0.2, 0) is 4.79 Å². The molecule has 1 N–H and O–H groups in total. The molecule has 0 saturated heterocycles. The fraction of sp³-hybridized carbons (Fsp3) is 0.364. The van der Waals surface area contributed by atoms with Crippen molar-refractivity contribution in [3.05, 3.63) is 23.8 Å². The average Bonchev–Trinajstić information content (AvgIpc) is 2.91. The molecular formula is C11H11NOS. The molecule has 3 heteroatoms. The second-order valence-electron chi connectivity index (χ2n) is 4.00. The summed E-state index contributed by atoms with van der Waals surface area (Å²) >= 11 is 1.74. The molecule has 1 aromatic carbocycles. The topological polar surface area (TPSA) is 29.1 Å². The highest BCUT2D eigenvalue weighted by atomic mass is 32.2. The summed E-state index contributed by atoms with van der Waals surface area (Å²) in [7, 11) is 0. The Morgan fingerprint density at radius 2 is 2.21 bits per heavy atom. The van der Waals surface area contributed by atoms with E-state index in [2.05, 4.69) is 17.4 Å². The minimum absolute atomic E-state index is 0.110. The van der Waals surface area contributed by atoms with E-state index >= 15 is 0 Å². The Morgan fingerprint density at radius 1 is 1.43 bits per heavy atom. The lowest BCUT2D eigenvalue weighted by Crippen LogP contribution is -2.30. The number of benzene rings is 1. The van der Waals surface area contributed by atoms with Crippen LogP contribution in [0.2, 0.25) is 0 Å². The molecule has 2 nitrogen and oxygen atoms in total. The van der Waals surface area contributed by atoms with Crippen LogP contribution in [0.25, 0.3) is 0 Å².